The summed E-state index contributed by atoms with van der Waals surface area (Å²) < 4.78 is 0. The first kappa shape index (κ1) is 29.2. The number of carbonyl (C=O) groups is 1. The molecule has 1 aliphatic heterocycles. The van der Waals surface area contributed by atoms with Gasteiger partial charge in [0.2, 0.25) is 5.95 Å². The molecule has 3 heterocycles. The zero-order chi connectivity index (χ0) is 30.0. The fourth-order valence-electron chi connectivity index (χ4n) is 5.38. The van der Waals surface area contributed by atoms with Gasteiger partial charge in [0.15, 0.2) is 11.6 Å². The number of allylic oxidation sites excluding steroid dienone is 1. The molecule has 0 spiro atoms. The molecule has 1 amide bonds. The summed E-state index contributed by atoms with van der Waals surface area (Å²) in [7, 11) is 0. The highest BCUT2D eigenvalue weighted by Crippen LogP contribution is 2.30. The van der Waals surface area contributed by atoms with Crippen molar-refractivity contribution in [2.75, 3.05) is 42.1 Å². The molecule has 1 saturated heterocycles. The van der Waals surface area contributed by atoms with Crippen LogP contribution in [0.5, 0.6) is 0 Å². The van der Waals surface area contributed by atoms with Crippen LogP contribution in [0, 0.1) is 17.7 Å². The van der Waals surface area contributed by atoms with Crippen LogP contribution in [0.15, 0.2) is 36.3 Å². The molecule has 7 N–H and O–H groups in total. The van der Waals surface area contributed by atoms with Gasteiger partial charge < -0.3 is 27.0 Å². The fraction of sp³-hybridized carbons (Fsp3) is 0.467. The monoisotopic (exact) mass is 571 g/mol. The Balaban J connectivity index is 1.36. The third-order valence-electron chi connectivity index (χ3n) is 8.10. The van der Waals surface area contributed by atoms with Gasteiger partial charge in [-0.15, -0.1) is 0 Å². The van der Waals surface area contributed by atoms with E-state index in [0.29, 0.717) is 51.6 Å². The lowest BCUT2D eigenvalue weighted by atomic mass is 9.92. The number of benzene rings is 1. The molecule has 0 radical (unpaired) electrons. The maximum absolute atomic E-state index is 13.0. The number of rotatable bonds is 6. The number of aromatic nitrogens is 4. The number of hydrogen-bond donors (Lipinski definition) is 5. The van der Waals surface area contributed by atoms with E-state index >= 15 is 0 Å². The van der Waals surface area contributed by atoms with E-state index in [2.05, 4.69) is 35.4 Å². The standard InChI is InChI=1S/C30H41N11O/c1-18-9-10-19(28(42)37-23(32)16-22(31)30(2,3)4)15-21(18)36-27-25-24(34-17-35-27)26(33)39-29(38-25)41-13-11-40(12-14-41)20-7-5-6-8-20/h9-10,15-17,20H,5-8,11-14,31H2,1-4H3,(H2,32,37,42)(H2,33,38,39)(H,34,35,36). The summed E-state index contributed by atoms with van der Waals surface area (Å²) in [5.74, 6) is 0.834. The molecule has 5 rings (SSSR count). The van der Waals surface area contributed by atoms with Gasteiger partial charge in [0.05, 0.1) is 0 Å². The first-order valence-electron chi connectivity index (χ1n) is 14.5. The van der Waals surface area contributed by atoms with Crippen molar-refractivity contribution < 1.29 is 4.79 Å². The lowest BCUT2D eigenvalue weighted by molar-refractivity contribution is 0.0977. The van der Waals surface area contributed by atoms with Crippen LogP contribution in [0.2, 0.25) is 0 Å². The minimum Gasteiger partial charge on any atom is -0.401 e. The molecule has 0 atom stereocenters. The summed E-state index contributed by atoms with van der Waals surface area (Å²) >= 11 is 0. The molecule has 2 aromatic heterocycles. The van der Waals surface area contributed by atoms with Crippen LogP contribution < -0.4 is 27.0 Å². The molecule has 0 unspecified atom stereocenters. The van der Waals surface area contributed by atoms with E-state index in [4.69, 9.17) is 21.9 Å². The van der Waals surface area contributed by atoms with E-state index < -0.39 is 5.91 Å². The lowest BCUT2D eigenvalue weighted by Crippen LogP contribution is -2.50. The molecule has 222 valence electrons. The molecule has 2 fully saturated rings. The number of nitrogens with two attached hydrogens (primary N) is 2. The van der Waals surface area contributed by atoms with Crippen molar-refractivity contribution in [3.8, 4) is 0 Å². The first-order valence-corrected chi connectivity index (χ1v) is 14.5. The summed E-state index contributed by atoms with van der Waals surface area (Å²) in [5.41, 5.74) is 15.5. The van der Waals surface area contributed by atoms with Gasteiger partial charge in [0, 0.05) is 54.6 Å². The average Bonchev–Trinajstić information content (AvgIpc) is 3.49. The SMILES string of the molecule is Cc1ccc(C(=O)NC(=N)C=C(N)C(C)(C)C)cc1Nc1ncnc2c(N)nc(N3CCN(C4CCCC4)CC3)nc12. The van der Waals surface area contributed by atoms with Crippen molar-refractivity contribution in [2.24, 2.45) is 11.1 Å². The number of carbonyl (C=O) groups excluding carboxylic acids is 1. The topological polar surface area (TPSA) is 175 Å². The van der Waals surface area contributed by atoms with Crippen molar-refractivity contribution in [1.29, 1.82) is 5.41 Å². The first-order chi connectivity index (χ1) is 20.0. The molecule has 2 aliphatic rings. The Bertz CT molecular complexity index is 1510. The summed E-state index contributed by atoms with van der Waals surface area (Å²) in [4.78, 5) is 36.0. The minimum atomic E-state index is -0.417. The highest BCUT2D eigenvalue weighted by Gasteiger charge is 2.27. The normalized spacial score (nSPS) is 17.0. The zero-order valence-corrected chi connectivity index (χ0v) is 24.9. The van der Waals surface area contributed by atoms with E-state index in [1.807, 2.05) is 33.8 Å². The molecule has 1 aromatic carbocycles. The summed E-state index contributed by atoms with van der Waals surface area (Å²) in [6, 6.07) is 5.96. The second-order valence-corrected chi connectivity index (χ2v) is 12.2. The van der Waals surface area contributed by atoms with Gasteiger partial charge in [0.1, 0.15) is 23.2 Å². The molecule has 1 aliphatic carbocycles. The fourth-order valence-corrected chi connectivity index (χ4v) is 5.38. The number of amidine groups is 1. The number of aryl methyl sites for hydroxylation is 1. The largest absolute Gasteiger partial charge is 0.401 e. The third kappa shape index (κ3) is 6.43. The smallest absolute Gasteiger partial charge is 0.256 e. The van der Waals surface area contributed by atoms with Crippen LogP contribution in [-0.4, -0.2) is 68.8 Å². The number of hydrogen-bond acceptors (Lipinski definition) is 11. The Kier molecular flexibility index (Phi) is 8.26. The van der Waals surface area contributed by atoms with Crippen molar-refractivity contribution in [1.82, 2.24) is 30.2 Å². The van der Waals surface area contributed by atoms with Crippen molar-refractivity contribution in [3.05, 3.63) is 47.4 Å². The van der Waals surface area contributed by atoms with Gasteiger partial charge >= 0.3 is 0 Å². The Morgan fingerprint density at radius 2 is 1.79 bits per heavy atom. The molecule has 42 heavy (non-hydrogen) atoms. The van der Waals surface area contributed by atoms with Crippen molar-refractivity contribution >= 4 is 46.0 Å². The van der Waals surface area contributed by atoms with Gasteiger partial charge in [0.25, 0.3) is 5.91 Å². The second-order valence-electron chi connectivity index (χ2n) is 12.2. The predicted octanol–water partition coefficient (Wildman–Crippen LogP) is 3.71. The zero-order valence-electron chi connectivity index (χ0n) is 24.9. The molecule has 12 nitrogen and oxygen atoms in total. The van der Waals surface area contributed by atoms with Gasteiger partial charge in [-0.3, -0.25) is 15.1 Å². The van der Waals surface area contributed by atoms with Crippen LogP contribution in [-0.2, 0) is 0 Å². The molecular weight excluding hydrogens is 530 g/mol. The van der Waals surface area contributed by atoms with E-state index in [1.54, 1.807) is 12.1 Å². The maximum Gasteiger partial charge on any atom is 0.256 e. The van der Waals surface area contributed by atoms with Crippen LogP contribution in [0.3, 0.4) is 0 Å². The highest BCUT2D eigenvalue weighted by atomic mass is 16.1. The molecule has 0 bridgehead atoms. The van der Waals surface area contributed by atoms with Crippen LogP contribution in [0.25, 0.3) is 11.0 Å². The summed E-state index contributed by atoms with van der Waals surface area (Å²) in [6.07, 6.45) is 8.12. The highest BCUT2D eigenvalue weighted by molar-refractivity contribution is 6.09. The number of anilines is 4. The summed E-state index contributed by atoms with van der Waals surface area (Å²) in [6.45, 7) is 11.4. The average molecular weight is 572 g/mol. The molecule has 1 saturated carbocycles. The molecule has 3 aromatic rings. The molecule has 12 heteroatoms. The van der Waals surface area contributed by atoms with E-state index in [-0.39, 0.29) is 11.3 Å². The number of piperazine rings is 1. The third-order valence-corrected chi connectivity index (χ3v) is 8.10. The van der Waals surface area contributed by atoms with Gasteiger partial charge in [-0.05, 0) is 43.5 Å². The van der Waals surface area contributed by atoms with E-state index in [1.165, 1.54) is 38.1 Å². The Morgan fingerprint density at radius 1 is 1.07 bits per heavy atom. The van der Waals surface area contributed by atoms with Gasteiger partial charge in [-0.1, -0.05) is 39.7 Å². The van der Waals surface area contributed by atoms with Crippen molar-refractivity contribution in [2.45, 2.75) is 59.4 Å². The number of nitrogens with one attached hydrogen (secondary N) is 3. The van der Waals surface area contributed by atoms with Crippen molar-refractivity contribution in [3.63, 3.8) is 0 Å². The number of nitrogen functional groups attached to an aromatic ring is 1. The Labute approximate surface area is 246 Å². The van der Waals surface area contributed by atoms with E-state index in [0.717, 1.165) is 31.7 Å². The quantitative estimate of drug-likeness (QED) is 0.217. The minimum absolute atomic E-state index is 0.0758. The van der Waals surface area contributed by atoms with Crippen LogP contribution in [0.4, 0.5) is 23.3 Å². The number of nitrogens with zero attached hydrogens (tertiary/aromatic N) is 6. The number of fused-ring (bicyclic) bond motifs is 1. The summed E-state index contributed by atoms with van der Waals surface area (Å²) in [5, 5.41) is 14.1. The predicted molar refractivity (Wildman–Crippen MR) is 167 cm³/mol. The second kappa shape index (κ2) is 11.9. The lowest BCUT2D eigenvalue weighted by Gasteiger charge is -2.38. The van der Waals surface area contributed by atoms with E-state index in [9.17, 15) is 4.79 Å². The maximum atomic E-state index is 13.0. The van der Waals surface area contributed by atoms with Crippen LogP contribution in [0.1, 0.15) is 62.4 Å². The number of amides is 1. The molecular formula is C30H41N11O. The van der Waals surface area contributed by atoms with Gasteiger partial charge in [-0.25, -0.2) is 15.0 Å². The Hall–Kier alpha value is -4.32. The van der Waals surface area contributed by atoms with Crippen LogP contribution >= 0.6 is 0 Å². The Morgan fingerprint density at radius 3 is 2.48 bits per heavy atom. The van der Waals surface area contributed by atoms with Gasteiger partial charge in [-0.2, -0.15) is 4.98 Å².